The fourth-order valence-electron chi connectivity index (χ4n) is 1.70. The van der Waals surface area contributed by atoms with Crippen molar-refractivity contribution in [3.63, 3.8) is 0 Å². The Morgan fingerprint density at radius 2 is 2.06 bits per heavy atom. The van der Waals surface area contributed by atoms with Crippen molar-refractivity contribution >= 4 is 0 Å². The van der Waals surface area contributed by atoms with E-state index in [2.05, 4.69) is 15.3 Å². The van der Waals surface area contributed by atoms with Gasteiger partial charge < -0.3 is 14.8 Å². The summed E-state index contributed by atoms with van der Waals surface area (Å²) in [5.74, 6) is 1.17. The summed E-state index contributed by atoms with van der Waals surface area (Å²) in [5.41, 5.74) is 0. The van der Waals surface area contributed by atoms with Gasteiger partial charge in [0.25, 0.3) is 0 Å². The second-order valence-corrected chi connectivity index (χ2v) is 3.69. The Labute approximate surface area is 95.2 Å². The minimum absolute atomic E-state index is 0.255. The van der Waals surface area contributed by atoms with Crippen molar-refractivity contribution in [1.29, 1.82) is 0 Å². The van der Waals surface area contributed by atoms with Gasteiger partial charge in [0.2, 0.25) is 11.8 Å². The van der Waals surface area contributed by atoms with Crippen molar-refractivity contribution in [3.05, 3.63) is 12.4 Å². The lowest BCUT2D eigenvalue weighted by molar-refractivity contribution is 0.154. The summed E-state index contributed by atoms with van der Waals surface area (Å²) in [6.45, 7) is 4.54. The van der Waals surface area contributed by atoms with Gasteiger partial charge in [-0.1, -0.05) is 0 Å². The smallest absolute Gasteiger partial charge is 0.220 e. The summed E-state index contributed by atoms with van der Waals surface area (Å²) < 4.78 is 11.1. The lowest BCUT2D eigenvalue weighted by Gasteiger charge is -2.23. The minimum Gasteiger partial charge on any atom is -0.478 e. The Morgan fingerprint density at radius 1 is 1.31 bits per heavy atom. The molecule has 1 saturated heterocycles. The number of rotatable bonds is 4. The first-order valence-corrected chi connectivity index (χ1v) is 5.70. The van der Waals surface area contributed by atoms with Crippen LogP contribution < -0.4 is 14.8 Å². The second kappa shape index (κ2) is 5.65. The average molecular weight is 223 g/mol. The third kappa shape index (κ3) is 3.06. The molecule has 1 aliphatic rings. The van der Waals surface area contributed by atoms with Crippen molar-refractivity contribution in [1.82, 2.24) is 15.3 Å². The predicted octanol–water partition coefficient (Wildman–Crippen LogP) is 1.01. The number of hydrogen-bond acceptors (Lipinski definition) is 5. The van der Waals surface area contributed by atoms with Crippen LogP contribution in [-0.2, 0) is 0 Å². The van der Waals surface area contributed by atoms with Gasteiger partial charge >= 0.3 is 0 Å². The van der Waals surface area contributed by atoms with Crippen molar-refractivity contribution in [2.75, 3.05) is 19.7 Å². The summed E-state index contributed by atoms with van der Waals surface area (Å²) >= 11 is 0. The van der Waals surface area contributed by atoms with Crippen LogP contribution in [0.4, 0.5) is 0 Å². The van der Waals surface area contributed by atoms with E-state index in [1.807, 2.05) is 6.92 Å². The fraction of sp³-hybridized carbons (Fsp3) is 0.636. The Kier molecular flexibility index (Phi) is 3.93. The Morgan fingerprint density at radius 3 is 2.81 bits per heavy atom. The van der Waals surface area contributed by atoms with Crippen LogP contribution in [0.3, 0.4) is 0 Å². The summed E-state index contributed by atoms with van der Waals surface area (Å²) in [7, 11) is 0. The number of piperidine rings is 1. The number of nitrogens with zero attached hydrogens (tertiary/aromatic N) is 2. The molecule has 0 unspecified atom stereocenters. The van der Waals surface area contributed by atoms with Crippen LogP contribution >= 0.6 is 0 Å². The molecule has 0 bridgehead atoms. The van der Waals surface area contributed by atoms with Gasteiger partial charge in [-0.3, -0.25) is 0 Å². The molecule has 1 aliphatic heterocycles. The molecule has 0 amide bonds. The Hall–Kier alpha value is -1.36. The number of nitrogens with one attached hydrogen (secondary N) is 1. The van der Waals surface area contributed by atoms with Crippen LogP contribution in [0, 0.1) is 0 Å². The second-order valence-electron chi connectivity index (χ2n) is 3.69. The molecule has 1 aromatic heterocycles. The van der Waals surface area contributed by atoms with E-state index in [1.165, 1.54) is 6.33 Å². The molecule has 0 aromatic carbocycles. The highest BCUT2D eigenvalue weighted by molar-refractivity contribution is 5.18. The maximum atomic E-state index is 5.77. The maximum Gasteiger partial charge on any atom is 0.220 e. The Bertz CT molecular complexity index is 327. The van der Waals surface area contributed by atoms with E-state index >= 15 is 0 Å². The SMILES string of the molecule is CCOc1cc(OC2CCNCC2)ncn1. The van der Waals surface area contributed by atoms with Crippen LogP contribution in [0.5, 0.6) is 11.8 Å². The van der Waals surface area contributed by atoms with Gasteiger partial charge in [-0.05, 0) is 32.9 Å². The molecule has 16 heavy (non-hydrogen) atoms. The van der Waals surface area contributed by atoms with E-state index in [-0.39, 0.29) is 6.10 Å². The molecule has 0 aliphatic carbocycles. The van der Waals surface area contributed by atoms with Gasteiger partial charge in [0.05, 0.1) is 12.7 Å². The molecule has 0 saturated carbocycles. The first kappa shape index (κ1) is 11.1. The lowest BCUT2D eigenvalue weighted by Crippen LogP contribution is -2.34. The van der Waals surface area contributed by atoms with Crippen LogP contribution in [0.15, 0.2) is 12.4 Å². The van der Waals surface area contributed by atoms with E-state index in [0.717, 1.165) is 25.9 Å². The molecule has 1 N–H and O–H groups in total. The molecule has 2 heterocycles. The first-order chi connectivity index (χ1) is 7.88. The summed E-state index contributed by atoms with van der Waals surface area (Å²) in [4.78, 5) is 8.08. The molecule has 0 radical (unpaired) electrons. The average Bonchev–Trinajstić information content (AvgIpc) is 2.31. The van der Waals surface area contributed by atoms with Crippen LogP contribution in [0.1, 0.15) is 19.8 Å². The van der Waals surface area contributed by atoms with Crippen molar-refractivity contribution in [2.24, 2.45) is 0 Å². The number of hydrogen-bond donors (Lipinski definition) is 1. The largest absolute Gasteiger partial charge is 0.478 e. The normalized spacial score (nSPS) is 17.1. The minimum atomic E-state index is 0.255. The van der Waals surface area contributed by atoms with Crippen molar-refractivity contribution < 1.29 is 9.47 Å². The van der Waals surface area contributed by atoms with Crippen LogP contribution in [0.2, 0.25) is 0 Å². The lowest BCUT2D eigenvalue weighted by atomic mass is 10.1. The molecule has 5 heteroatoms. The third-order valence-corrected chi connectivity index (χ3v) is 2.48. The maximum absolute atomic E-state index is 5.77. The zero-order valence-electron chi connectivity index (χ0n) is 9.48. The summed E-state index contributed by atoms with van der Waals surface area (Å²) in [6, 6.07) is 1.74. The van der Waals surface area contributed by atoms with Crippen molar-refractivity contribution in [2.45, 2.75) is 25.9 Å². The van der Waals surface area contributed by atoms with Crippen LogP contribution in [0.25, 0.3) is 0 Å². The molecular formula is C11H17N3O2. The van der Waals surface area contributed by atoms with Gasteiger partial charge in [-0.25, -0.2) is 9.97 Å². The zero-order chi connectivity index (χ0) is 11.2. The van der Waals surface area contributed by atoms with Crippen molar-refractivity contribution in [3.8, 4) is 11.8 Å². The van der Waals surface area contributed by atoms with E-state index in [1.54, 1.807) is 6.07 Å². The van der Waals surface area contributed by atoms with Gasteiger partial charge in [-0.15, -0.1) is 0 Å². The molecule has 0 spiro atoms. The van der Waals surface area contributed by atoms with E-state index in [4.69, 9.17) is 9.47 Å². The van der Waals surface area contributed by atoms with Gasteiger partial charge in [0.15, 0.2) is 0 Å². The van der Waals surface area contributed by atoms with Gasteiger partial charge in [0, 0.05) is 0 Å². The molecule has 1 aromatic rings. The molecule has 0 atom stereocenters. The zero-order valence-corrected chi connectivity index (χ0v) is 9.48. The molecule has 2 rings (SSSR count). The topological polar surface area (TPSA) is 56.3 Å². The molecule has 5 nitrogen and oxygen atoms in total. The monoisotopic (exact) mass is 223 g/mol. The molecular weight excluding hydrogens is 206 g/mol. The van der Waals surface area contributed by atoms with E-state index < -0.39 is 0 Å². The highest BCUT2D eigenvalue weighted by Gasteiger charge is 2.15. The summed E-state index contributed by atoms with van der Waals surface area (Å²) in [5, 5.41) is 3.29. The third-order valence-electron chi connectivity index (χ3n) is 2.48. The standard InChI is InChI=1S/C11H17N3O2/c1-2-15-10-7-11(14-8-13-10)16-9-3-5-12-6-4-9/h7-9,12H,2-6H2,1H3. The highest BCUT2D eigenvalue weighted by atomic mass is 16.5. The van der Waals surface area contributed by atoms with E-state index in [9.17, 15) is 0 Å². The summed E-state index contributed by atoms with van der Waals surface area (Å²) in [6.07, 6.45) is 3.77. The van der Waals surface area contributed by atoms with E-state index in [0.29, 0.717) is 18.4 Å². The highest BCUT2D eigenvalue weighted by Crippen LogP contribution is 2.17. The Balaban J connectivity index is 1.94. The molecule has 88 valence electrons. The number of aromatic nitrogens is 2. The first-order valence-electron chi connectivity index (χ1n) is 5.70. The van der Waals surface area contributed by atoms with Crippen LogP contribution in [-0.4, -0.2) is 35.8 Å². The van der Waals surface area contributed by atoms with Gasteiger partial charge in [0.1, 0.15) is 12.4 Å². The predicted molar refractivity (Wildman–Crippen MR) is 59.7 cm³/mol. The molecule has 1 fully saturated rings. The quantitative estimate of drug-likeness (QED) is 0.825. The van der Waals surface area contributed by atoms with Gasteiger partial charge in [-0.2, -0.15) is 0 Å². The number of ether oxygens (including phenoxy) is 2. The fourth-order valence-corrected chi connectivity index (χ4v) is 1.70.